The highest BCUT2D eigenvalue weighted by Gasteiger charge is 2.36. The molecule has 0 aromatic heterocycles. The number of nitrogens with zero attached hydrogens (tertiary/aromatic N) is 2. The highest BCUT2D eigenvalue weighted by Crippen LogP contribution is 2.35. The summed E-state index contributed by atoms with van der Waals surface area (Å²) in [6, 6.07) is 5.19. The number of aromatic hydroxyl groups is 1. The Labute approximate surface area is 141 Å². The first-order valence-corrected chi connectivity index (χ1v) is 8.55. The van der Waals surface area contributed by atoms with Gasteiger partial charge in [0.05, 0.1) is 4.91 Å². The molecule has 0 radical (unpaired) electrons. The van der Waals surface area contributed by atoms with E-state index >= 15 is 0 Å². The molecular weight excluding hydrogens is 312 g/mol. The first-order chi connectivity index (χ1) is 10.9. The quantitative estimate of drug-likeness (QED) is 0.832. The van der Waals surface area contributed by atoms with E-state index in [4.69, 9.17) is 0 Å². The van der Waals surface area contributed by atoms with Crippen LogP contribution in [-0.4, -0.2) is 40.3 Å². The molecule has 2 rings (SSSR count). The molecule has 124 valence electrons. The Morgan fingerprint density at radius 2 is 1.91 bits per heavy atom. The lowest BCUT2D eigenvalue weighted by Crippen LogP contribution is -2.34. The van der Waals surface area contributed by atoms with Gasteiger partial charge in [-0.15, -0.1) is 0 Å². The van der Waals surface area contributed by atoms with Gasteiger partial charge in [0.15, 0.2) is 0 Å². The van der Waals surface area contributed by atoms with Gasteiger partial charge < -0.3 is 10.0 Å². The van der Waals surface area contributed by atoms with Gasteiger partial charge in [0, 0.05) is 36.4 Å². The van der Waals surface area contributed by atoms with Crippen LogP contribution in [0, 0.1) is 0 Å². The van der Waals surface area contributed by atoms with Gasteiger partial charge in [-0.3, -0.25) is 14.5 Å². The maximum atomic E-state index is 12.3. The molecule has 6 heteroatoms. The number of anilines is 1. The van der Waals surface area contributed by atoms with Crippen molar-refractivity contribution in [2.45, 2.75) is 33.7 Å². The molecule has 0 atom stereocenters. The topological polar surface area (TPSA) is 60.9 Å². The zero-order valence-corrected chi connectivity index (χ0v) is 14.7. The average molecular weight is 334 g/mol. The molecule has 1 N–H and O–H groups in total. The molecule has 1 saturated heterocycles. The van der Waals surface area contributed by atoms with E-state index in [0.717, 1.165) is 30.5 Å². The molecule has 0 spiro atoms. The third-order valence-corrected chi connectivity index (χ3v) is 4.65. The molecule has 1 aromatic carbocycles. The molecule has 23 heavy (non-hydrogen) atoms. The Bertz CT molecular complexity index is 651. The Kier molecular flexibility index (Phi) is 5.36. The van der Waals surface area contributed by atoms with Crippen LogP contribution in [0.25, 0.3) is 6.08 Å². The summed E-state index contributed by atoms with van der Waals surface area (Å²) >= 11 is 0.910. The van der Waals surface area contributed by atoms with Gasteiger partial charge in [-0.2, -0.15) is 0 Å². The zero-order chi connectivity index (χ0) is 17.1. The van der Waals surface area contributed by atoms with Gasteiger partial charge in [-0.25, -0.2) is 0 Å². The van der Waals surface area contributed by atoms with Crippen LogP contribution in [0.3, 0.4) is 0 Å². The van der Waals surface area contributed by atoms with E-state index in [2.05, 4.69) is 18.7 Å². The van der Waals surface area contributed by atoms with Crippen LogP contribution in [0.4, 0.5) is 10.5 Å². The lowest BCUT2D eigenvalue weighted by Gasteiger charge is -2.21. The SMILES string of the molecule is CCN(CC)c1ccc(/C=C2/SC(=O)N(C(C)C)C2=O)c(O)c1. The molecule has 0 saturated carbocycles. The highest BCUT2D eigenvalue weighted by molar-refractivity contribution is 8.18. The highest BCUT2D eigenvalue weighted by atomic mass is 32.2. The third kappa shape index (κ3) is 3.52. The van der Waals surface area contributed by atoms with Gasteiger partial charge in [-0.1, -0.05) is 0 Å². The van der Waals surface area contributed by atoms with Crippen molar-refractivity contribution in [3.05, 3.63) is 28.7 Å². The molecule has 1 aliphatic rings. The minimum Gasteiger partial charge on any atom is -0.507 e. The maximum Gasteiger partial charge on any atom is 0.293 e. The number of phenols is 1. The number of phenolic OH excluding ortho intramolecular Hbond substituents is 1. The minimum absolute atomic E-state index is 0.103. The molecule has 2 amide bonds. The van der Waals surface area contributed by atoms with E-state index in [1.807, 2.05) is 6.07 Å². The molecule has 1 aromatic rings. The van der Waals surface area contributed by atoms with Crippen molar-refractivity contribution < 1.29 is 14.7 Å². The summed E-state index contributed by atoms with van der Waals surface area (Å²) in [6.45, 7) is 9.41. The van der Waals surface area contributed by atoms with Crippen LogP contribution in [-0.2, 0) is 4.79 Å². The second-order valence-corrected chi connectivity index (χ2v) is 6.55. The van der Waals surface area contributed by atoms with E-state index in [0.29, 0.717) is 10.5 Å². The Hall–Kier alpha value is -1.95. The van der Waals surface area contributed by atoms with Gasteiger partial charge in [0.25, 0.3) is 11.1 Å². The van der Waals surface area contributed by atoms with Crippen molar-refractivity contribution in [1.82, 2.24) is 4.90 Å². The summed E-state index contributed by atoms with van der Waals surface area (Å²) in [5.74, 6) is -0.201. The fourth-order valence-corrected chi connectivity index (χ4v) is 3.46. The van der Waals surface area contributed by atoms with Crippen LogP contribution < -0.4 is 4.90 Å². The predicted octanol–water partition coefficient (Wildman–Crippen LogP) is 3.68. The van der Waals surface area contributed by atoms with Crippen molar-refractivity contribution in [3.8, 4) is 5.75 Å². The molecule has 0 aliphatic carbocycles. The van der Waals surface area contributed by atoms with Gasteiger partial charge in [0.1, 0.15) is 5.75 Å². The summed E-state index contributed by atoms with van der Waals surface area (Å²) in [4.78, 5) is 27.9. The first-order valence-electron chi connectivity index (χ1n) is 7.74. The molecule has 1 fully saturated rings. The minimum atomic E-state index is -0.304. The summed E-state index contributed by atoms with van der Waals surface area (Å²) in [6.07, 6.45) is 1.58. The monoisotopic (exact) mass is 334 g/mol. The number of imide groups is 1. The second kappa shape index (κ2) is 7.08. The van der Waals surface area contributed by atoms with Gasteiger partial charge in [-0.05, 0) is 57.7 Å². The first kappa shape index (κ1) is 17.4. The van der Waals surface area contributed by atoms with E-state index < -0.39 is 0 Å². The largest absolute Gasteiger partial charge is 0.507 e. The number of rotatable bonds is 5. The summed E-state index contributed by atoms with van der Waals surface area (Å²) in [5, 5.41) is 9.96. The molecule has 0 unspecified atom stereocenters. The lowest BCUT2D eigenvalue weighted by molar-refractivity contribution is -0.123. The Balaban J connectivity index is 2.30. The van der Waals surface area contributed by atoms with Crippen molar-refractivity contribution in [1.29, 1.82) is 0 Å². The molecule has 1 heterocycles. The number of hydrogen-bond acceptors (Lipinski definition) is 5. The smallest absolute Gasteiger partial charge is 0.293 e. The van der Waals surface area contributed by atoms with E-state index in [-0.39, 0.29) is 22.9 Å². The van der Waals surface area contributed by atoms with E-state index in [9.17, 15) is 14.7 Å². The number of carbonyl (C=O) groups is 2. The fourth-order valence-electron chi connectivity index (χ4n) is 2.51. The number of amides is 2. The Morgan fingerprint density at radius 1 is 1.26 bits per heavy atom. The average Bonchev–Trinajstić information content (AvgIpc) is 2.77. The summed E-state index contributed by atoms with van der Waals surface area (Å²) in [7, 11) is 0. The van der Waals surface area contributed by atoms with Crippen molar-refractivity contribution in [2.75, 3.05) is 18.0 Å². The number of benzene rings is 1. The standard InChI is InChI=1S/C17H22N2O3S/c1-5-18(6-2)13-8-7-12(14(20)10-13)9-15-16(21)19(11(3)4)17(22)23-15/h7-11,20H,5-6H2,1-4H3/b15-9+. The molecule has 1 aliphatic heterocycles. The lowest BCUT2D eigenvalue weighted by atomic mass is 10.1. The van der Waals surface area contributed by atoms with Gasteiger partial charge >= 0.3 is 0 Å². The van der Waals surface area contributed by atoms with Crippen molar-refractivity contribution in [3.63, 3.8) is 0 Å². The van der Waals surface area contributed by atoms with Crippen LogP contribution >= 0.6 is 11.8 Å². The van der Waals surface area contributed by atoms with E-state index in [1.165, 1.54) is 4.90 Å². The zero-order valence-electron chi connectivity index (χ0n) is 13.9. The fraction of sp³-hybridized carbons (Fsp3) is 0.412. The van der Waals surface area contributed by atoms with Crippen LogP contribution in [0.5, 0.6) is 5.75 Å². The molecule has 5 nitrogen and oxygen atoms in total. The summed E-state index contributed by atoms with van der Waals surface area (Å²) in [5.41, 5.74) is 1.47. The van der Waals surface area contributed by atoms with Crippen molar-refractivity contribution >= 4 is 34.7 Å². The number of hydrogen-bond donors (Lipinski definition) is 1. The summed E-state index contributed by atoms with van der Waals surface area (Å²) < 4.78 is 0. The molecule has 0 bridgehead atoms. The normalized spacial score (nSPS) is 16.7. The van der Waals surface area contributed by atoms with Gasteiger partial charge in [0.2, 0.25) is 0 Å². The van der Waals surface area contributed by atoms with Crippen LogP contribution in [0.2, 0.25) is 0 Å². The van der Waals surface area contributed by atoms with Crippen molar-refractivity contribution in [2.24, 2.45) is 0 Å². The molecular formula is C17H22N2O3S. The van der Waals surface area contributed by atoms with Crippen LogP contribution in [0.1, 0.15) is 33.3 Å². The predicted molar refractivity (Wildman–Crippen MR) is 94.6 cm³/mol. The maximum absolute atomic E-state index is 12.3. The van der Waals surface area contributed by atoms with Crippen LogP contribution in [0.15, 0.2) is 23.1 Å². The third-order valence-electron chi connectivity index (χ3n) is 3.77. The Morgan fingerprint density at radius 3 is 2.39 bits per heavy atom. The van der Waals surface area contributed by atoms with E-state index in [1.54, 1.807) is 32.1 Å². The second-order valence-electron chi connectivity index (χ2n) is 5.56. The number of thioether (sulfide) groups is 1. The number of carbonyl (C=O) groups excluding carboxylic acids is 2.